The summed E-state index contributed by atoms with van der Waals surface area (Å²) in [5, 5.41) is 7.21. The molecule has 9 heteroatoms. The van der Waals surface area contributed by atoms with Gasteiger partial charge in [0.15, 0.2) is 10.2 Å². The van der Waals surface area contributed by atoms with Crippen molar-refractivity contribution in [2.45, 2.75) is 0 Å². The van der Waals surface area contributed by atoms with Crippen LogP contribution in [0.5, 0.6) is 0 Å². The lowest BCUT2D eigenvalue weighted by atomic mass is 10.2. The molecule has 1 aromatic heterocycles. The van der Waals surface area contributed by atoms with Crippen LogP contribution in [0.4, 0.5) is 5.69 Å². The van der Waals surface area contributed by atoms with E-state index in [-0.39, 0.29) is 11.0 Å². The maximum absolute atomic E-state index is 12.4. The standard InChI is InChI=1S/C17H13ClN4OS3/c18-13-11-8-4-5-9-12(11)26-14(13)15(23)20-17(25)22-21-16(24)19-10-6-2-1-3-7-10/h1-9H,(H2,19,21,24)(H2,20,22,23,25). The van der Waals surface area contributed by atoms with Gasteiger partial charge in [0.1, 0.15) is 4.88 Å². The summed E-state index contributed by atoms with van der Waals surface area (Å²) in [6, 6.07) is 17.0. The number of fused-ring (bicyclic) bond motifs is 1. The number of amides is 1. The summed E-state index contributed by atoms with van der Waals surface area (Å²) in [4.78, 5) is 12.8. The second-order valence-electron chi connectivity index (χ2n) is 5.09. The average Bonchev–Trinajstić information content (AvgIpc) is 2.98. The van der Waals surface area contributed by atoms with Crippen LogP contribution < -0.4 is 21.5 Å². The Morgan fingerprint density at radius 1 is 0.923 bits per heavy atom. The van der Waals surface area contributed by atoms with E-state index in [9.17, 15) is 4.79 Å². The molecule has 0 unspecified atom stereocenters. The Hall–Kier alpha value is -2.26. The maximum atomic E-state index is 12.4. The summed E-state index contributed by atoms with van der Waals surface area (Å²) < 4.78 is 0.938. The number of halogens is 1. The number of hydrazine groups is 1. The van der Waals surface area contributed by atoms with Gasteiger partial charge in [0.05, 0.1) is 5.02 Å². The summed E-state index contributed by atoms with van der Waals surface area (Å²) in [5.41, 5.74) is 6.21. The van der Waals surface area contributed by atoms with Crippen molar-refractivity contribution >= 4 is 79.3 Å². The highest BCUT2D eigenvalue weighted by Gasteiger charge is 2.17. The minimum atomic E-state index is -0.377. The van der Waals surface area contributed by atoms with Gasteiger partial charge in [-0.25, -0.2) is 0 Å². The molecular formula is C17H13ClN4OS3. The van der Waals surface area contributed by atoms with Crippen LogP contribution >= 0.6 is 47.4 Å². The first-order valence-electron chi connectivity index (χ1n) is 7.45. The molecule has 4 N–H and O–H groups in total. The van der Waals surface area contributed by atoms with Crippen molar-refractivity contribution in [2.24, 2.45) is 0 Å². The number of hydrogen-bond acceptors (Lipinski definition) is 4. The van der Waals surface area contributed by atoms with Crippen LogP contribution in [0, 0.1) is 0 Å². The Bertz CT molecular complexity index is 975. The number of carbonyl (C=O) groups excluding carboxylic acids is 1. The van der Waals surface area contributed by atoms with E-state index in [1.807, 2.05) is 54.6 Å². The molecule has 0 bridgehead atoms. The number of thiocarbonyl (C=S) groups is 2. The van der Waals surface area contributed by atoms with Gasteiger partial charge in [0.2, 0.25) is 0 Å². The van der Waals surface area contributed by atoms with Crippen LogP contribution in [0.15, 0.2) is 54.6 Å². The van der Waals surface area contributed by atoms with Crippen molar-refractivity contribution in [3.05, 3.63) is 64.5 Å². The number of benzene rings is 2. The molecule has 3 rings (SSSR count). The number of thiophene rings is 1. The van der Waals surface area contributed by atoms with Gasteiger partial charge in [0.25, 0.3) is 5.91 Å². The predicted octanol–water partition coefficient (Wildman–Crippen LogP) is 4.06. The number of anilines is 1. The smallest absolute Gasteiger partial charge is 0.269 e. The molecule has 0 saturated heterocycles. The molecule has 0 aliphatic rings. The molecule has 0 aliphatic heterocycles. The molecule has 0 saturated carbocycles. The summed E-state index contributed by atoms with van der Waals surface area (Å²) >= 11 is 17.9. The molecule has 132 valence electrons. The van der Waals surface area contributed by atoms with Gasteiger partial charge in [-0.15, -0.1) is 11.3 Å². The Labute approximate surface area is 169 Å². The van der Waals surface area contributed by atoms with Gasteiger partial charge in [0, 0.05) is 15.8 Å². The molecule has 1 amide bonds. The van der Waals surface area contributed by atoms with Crippen LogP contribution in [0.3, 0.4) is 0 Å². The van der Waals surface area contributed by atoms with Crippen LogP contribution in [0.1, 0.15) is 9.67 Å². The van der Waals surface area contributed by atoms with Crippen LogP contribution in [0.2, 0.25) is 5.02 Å². The van der Waals surface area contributed by atoms with Crippen molar-refractivity contribution in [1.82, 2.24) is 16.2 Å². The van der Waals surface area contributed by atoms with E-state index < -0.39 is 0 Å². The van der Waals surface area contributed by atoms with Crippen LogP contribution in [0.25, 0.3) is 10.1 Å². The zero-order chi connectivity index (χ0) is 18.5. The number of hydrogen-bond donors (Lipinski definition) is 4. The zero-order valence-corrected chi connectivity index (χ0v) is 16.4. The summed E-state index contributed by atoms with van der Waals surface area (Å²) in [5.74, 6) is -0.377. The van der Waals surface area contributed by atoms with Gasteiger partial charge in [-0.2, -0.15) is 0 Å². The molecule has 0 radical (unpaired) electrons. The first-order valence-corrected chi connectivity index (χ1v) is 9.46. The quantitative estimate of drug-likeness (QED) is 0.370. The predicted molar refractivity (Wildman–Crippen MR) is 116 cm³/mol. The Morgan fingerprint density at radius 2 is 1.58 bits per heavy atom. The van der Waals surface area contributed by atoms with E-state index in [1.165, 1.54) is 11.3 Å². The lowest BCUT2D eigenvalue weighted by molar-refractivity contribution is 0.0980. The van der Waals surface area contributed by atoms with E-state index >= 15 is 0 Å². The summed E-state index contributed by atoms with van der Waals surface area (Å²) in [7, 11) is 0. The fraction of sp³-hybridized carbons (Fsp3) is 0. The van der Waals surface area contributed by atoms with E-state index in [0.717, 1.165) is 15.8 Å². The molecule has 2 aromatic carbocycles. The van der Waals surface area contributed by atoms with Gasteiger partial charge in [-0.1, -0.05) is 48.0 Å². The third kappa shape index (κ3) is 4.47. The Morgan fingerprint density at radius 3 is 2.31 bits per heavy atom. The molecule has 5 nitrogen and oxygen atoms in total. The topological polar surface area (TPSA) is 65.2 Å². The zero-order valence-electron chi connectivity index (χ0n) is 13.2. The largest absolute Gasteiger partial charge is 0.331 e. The fourth-order valence-electron chi connectivity index (χ4n) is 2.15. The number of nitrogens with one attached hydrogen (secondary N) is 4. The minimum absolute atomic E-state index is 0.0840. The van der Waals surface area contributed by atoms with Crippen LogP contribution in [-0.4, -0.2) is 16.1 Å². The molecule has 0 aliphatic carbocycles. The molecule has 0 atom stereocenters. The fourth-order valence-corrected chi connectivity index (χ4v) is 3.87. The third-order valence-electron chi connectivity index (χ3n) is 3.29. The SMILES string of the molecule is O=C(NC(=S)NNC(=S)Nc1ccccc1)c1sc2ccccc2c1Cl. The molecule has 0 fully saturated rings. The minimum Gasteiger partial charge on any atom is -0.331 e. The third-order valence-corrected chi connectivity index (χ3v) is 5.37. The van der Waals surface area contributed by atoms with Crippen molar-refractivity contribution in [3.8, 4) is 0 Å². The van der Waals surface area contributed by atoms with Crippen molar-refractivity contribution in [1.29, 1.82) is 0 Å². The van der Waals surface area contributed by atoms with E-state index in [4.69, 9.17) is 36.0 Å². The number of para-hydroxylation sites is 1. The van der Waals surface area contributed by atoms with E-state index in [0.29, 0.717) is 15.0 Å². The maximum Gasteiger partial charge on any atom is 0.269 e. The molecule has 26 heavy (non-hydrogen) atoms. The Balaban J connectivity index is 1.55. The molecule has 1 heterocycles. The first kappa shape index (κ1) is 18.5. The Kier molecular flexibility index (Phi) is 6.00. The lowest BCUT2D eigenvalue weighted by Gasteiger charge is -2.13. The van der Waals surface area contributed by atoms with Crippen molar-refractivity contribution in [2.75, 3.05) is 5.32 Å². The highest BCUT2D eigenvalue weighted by Crippen LogP contribution is 2.34. The van der Waals surface area contributed by atoms with Crippen molar-refractivity contribution in [3.63, 3.8) is 0 Å². The first-order chi connectivity index (χ1) is 12.5. The highest BCUT2D eigenvalue weighted by atomic mass is 35.5. The van der Waals surface area contributed by atoms with Crippen LogP contribution in [-0.2, 0) is 0 Å². The van der Waals surface area contributed by atoms with Gasteiger partial charge < -0.3 is 5.32 Å². The highest BCUT2D eigenvalue weighted by molar-refractivity contribution is 7.80. The van der Waals surface area contributed by atoms with Gasteiger partial charge in [-0.05, 0) is 42.6 Å². The normalized spacial score (nSPS) is 10.2. The molecule has 3 aromatic rings. The summed E-state index contributed by atoms with van der Waals surface area (Å²) in [6.45, 7) is 0. The lowest BCUT2D eigenvalue weighted by Crippen LogP contribution is -2.49. The summed E-state index contributed by atoms with van der Waals surface area (Å²) in [6.07, 6.45) is 0. The number of carbonyl (C=O) groups is 1. The van der Waals surface area contributed by atoms with Crippen molar-refractivity contribution < 1.29 is 4.79 Å². The van der Waals surface area contributed by atoms with E-state index in [2.05, 4.69) is 21.5 Å². The van der Waals surface area contributed by atoms with Gasteiger partial charge in [-0.3, -0.25) is 21.0 Å². The molecule has 0 spiro atoms. The second kappa shape index (κ2) is 8.41. The van der Waals surface area contributed by atoms with Gasteiger partial charge >= 0.3 is 0 Å². The monoisotopic (exact) mass is 420 g/mol. The van der Waals surface area contributed by atoms with E-state index in [1.54, 1.807) is 0 Å². The average molecular weight is 421 g/mol. The second-order valence-corrected chi connectivity index (χ2v) is 7.34. The number of rotatable bonds is 2. The molecular weight excluding hydrogens is 408 g/mol.